The van der Waals surface area contributed by atoms with Gasteiger partial charge in [-0.2, -0.15) is 0 Å². The molecule has 0 radical (unpaired) electrons. The van der Waals surface area contributed by atoms with Crippen molar-refractivity contribution in [2.24, 2.45) is 5.92 Å². The second-order valence-electron chi connectivity index (χ2n) is 4.87. The Labute approximate surface area is 106 Å². The number of aromatic amines is 1. The van der Waals surface area contributed by atoms with Crippen molar-refractivity contribution in [3.63, 3.8) is 0 Å². The van der Waals surface area contributed by atoms with Gasteiger partial charge >= 0.3 is 0 Å². The second kappa shape index (κ2) is 4.80. The number of carbonyl (C=O) groups excluding carboxylic acids is 1. The molecule has 1 aromatic carbocycles. The maximum absolute atomic E-state index is 11.6. The van der Waals surface area contributed by atoms with Gasteiger partial charge in [0.1, 0.15) is 5.82 Å². The molecular weight excluding hydrogens is 226 g/mol. The van der Waals surface area contributed by atoms with Gasteiger partial charge in [0.05, 0.1) is 11.0 Å². The Morgan fingerprint density at radius 2 is 2.22 bits per heavy atom. The van der Waals surface area contributed by atoms with Crippen LogP contribution in [0.2, 0.25) is 0 Å². The van der Waals surface area contributed by atoms with Crippen molar-refractivity contribution in [1.82, 2.24) is 15.3 Å². The Kier molecular flexibility index (Phi) is 3.00. The van der Waals surface area contributed by atoms with Gasteiger partial charge in [0.2, 0.25) is 5.91 Å². The summed E-state index contributed by atoms with van der Waals surface area (Å²) in [7, 11) is 0. The zero-order valence-electron chi connectivity index (χ0n) is 10.3. The first-order valence-electron chi connectivity index (χ1n) is 6.54. The second-order valence-corrected chi connectivity index (χ2v) is 4.87. The maximum atomic E-state index is 11.6. The van der Waals surface area contributed by atoms with E-state index in [1.807, 2.05) is 24.3 Å². The number of benzene rings is 1. The highest BCUT2D eigenvalue weighted by atomic mass is 16.1. The molecule has 4 heteroatoms. The third-order valence-electron chi connectivity index (χ3n) is 3.58. The van der Waals surface area contributed by atoms with Crippen LogP contribution in [0.25, 0.3) is 11.0 Å². The maximum Gasteiger partial charge on any atom is 0.223 e. The summed E-state index contributed by atoms with van der Waals surface area (Å²) in [6, 6.07) is 7.97. The molecule has 2 N–H and O–H groups in total. The SMILES string of the molecule is O=C(NCCc1nc2ccccc2[nH]1)C1CCC1. The fraction of sp³-hybridized carbons (Fsp3) is 0.429. The fourth-order valence-electron chi connectivity index (χ4n) is 2.24. The van der Waals surface area contributed by atoms with Crippen molar-refractivity contribution in [3.05, 3.63) is 30.1 Å². The lowest BCUT2D eigenvalue weighted by atomic mass is 9.85. The molecule has 2 aromatic rings. The summed E-state index contributed by atoms with van der Waals surface area (Å²) >= 11 is 0. The van der Waals surface area contributed by atoms with Crippen molar-refractivity contribution < 1.29 is 4.79 Å². The number of nitrogens with zero attached hydrogens (tertiary/aromatic N) is 1. The van der Waals surface area contributed by atoms with Crippen LogP contribution in [0.5, 0.6) is 0 Å². The van der Waals surface area contributed by atoms with E-state index < -0.39 is 0 Å². The molecule has 1 heterocycles. The summed E-state index contributed by atoms with van der Waals surface area (Å²) in [5.74, 6) is 1.41. The van der Waals surface area contributed by atoms with Gasteiger partial charge in [0.15, 0.2) is 0 Å². The zero-order chi connectivity index (χ0) is 12.4. The van der Waals surface area contributed by atoms with Crippen LogP contribution in [-0.4, -0.2) is 22.4 Å². The molecule has 0 saturated heterocycles. The molecule has 18 heavy (non-hydrogen) atoms. The number of amides is 1. The van der Waals surface area contributed by atoms with E-state index in [-0.39, 0.29) is 11.8 Å². The number of hydrogen-bond acceptors (Lipinski definition) is 2. The summed E-state index contributed by atoms with van der Waals surface area (Å²) in [4.78, 5) is 19.4. The highest BCUT2D eigenvalue weighted by Crippen LogP contribution is 2.26. The average molecular weight is 243 g/mol. The fourth-order valence-corrected chi connectivity index (χ4v) is 2.24. The van der Waals surface area contributed by atoms with Crippen molar-refractivity contribution in [2.75, 3.05) is 6.54 Å². The van der Waals surface area contributed by atoms with E-state index in [1.54, 1.807) is 0 Å². The average Bonchev–Trinajstić information content (AvgIpc) is 2.69. The number of rotatable bonds is 4. The van der Waals surface area contributed by atoms with Crippen molar-refractivity contribution >= 4 is 16.9 Å². The molecule has 1 saturated carbocycles. The number of nitrogens with one attached hydrogen (secondary N) is 2. The minimum absolute atomic E-state index is 0.206. The number of H-pyrrole nitrogens is 1. The minimum atomic E-state index is 0.206. The summed E-state index contributed by atoms with van der Waals surface area (Å²) < 4.78 is 0. The molecule has 0 spiro atoms. The highest BCUT2D eigenvalue weighted by molar-refractivity contribution is 5.79. The lowest BCUT2D eigenvalue weighted by Crippen LogP contribution is -2.35. The normalized spacial score (nSPS) is 15.6. The summed E-state index contributed by atoms with van der Waals surface area (Å²) in [6.07, 6.45) is 4.06. The summed E-state index contributed by atoms with van der Waals surface area (Å²) in [5.41, 5.74) is 2.04. The van der Waals surface area contributed by atoms with Gasteiger partial charge in [0.25, 0.3) is 0 Å². The molecule has 0 unspecified atom stereocenters. The monoisotopic (exact) mass is 243 g/mol. The Morgan fingerprint density at radius 1 is 1.39 bits per heavy atom. The lowest BCUT2D eigenvalue weighted by molar-refractivity contribution is -0.127. The van der Waals surface area contributed by atoms with E-state index in [0.717, 1.165) is 36.1 Å². The zero-order valence-corrected chi connectivity index (χ0v) is 10.3. The molecule has 0 atom stereocenters. The van der Waals surface area contributed by atoms with Crippen LogP contribution >= 0.6 is 0 Å². The Bertz CT molecular complexity index is 524. The molecule has 3 rings (SSSR count). The van der Waals surface area contributed by atoms with E-state index in [2.05, 4.69) is 15.3 Å². The topological polar surface area (TPSA) is 57.8 Å². The Balaban J connectivity index is 1.54. The first-order valence-corrected chi connectivity index (χ1v) is 6.54. The minimum Gasteiger partial charge on any atom is -0.355 e. The molecule has 1 fully saturated rings. The van der Waals surface area contributed by atoms with Crippen molar-refractivity contribution in [2.45, 2.75) is 25.7 Å². The largest absolute Gasteiger partial charge is 0.355 e. The molecule has 1 aromatic heterocycles. The molecule has 1 aliphatic carbocycles. The smallest absolute Gasteiger partial charge is 0.223 e. The van der Waals surface area contributed by atoms with Crippen LogP contribution in [0.3, 0.4) is 0 Å². The number of carbonyl (C=O) groups is 1. The highest BCUT2D eigenvalue weighted by Gasteiger charge is 2.24. The number of para-hydroxylation sites is 2. The number of aromatic nitrogens is 2. The number of fused-ring (bicyclic) bond motifs is 1. The summed E-state index contributed by atoms with van der Waals surface area (Å²) in [5, 5.41) is 2.98. The van der Waals surface area contributed by atoms with E-state index in [4.69, 9.17) is 0 Å². The van der Waals surface area contributed by atoms with Gasteiger partial charge < -0.3 is 10.3 Å². The quantitative estimate of drug-likeness (QED) is 0.863. The molecular formula is C14H17N3O. The van der Waals surface area contributed by atoms with Crippen LogP contribution < -0.4 is 5.32 Å². The van der Waals surface area contributed by atoms with Crippen LogP contribution in [-0.2, 0) is 11.2 Å². The number of imidazole rings is 1. The van der Waals surface area contributed by atoms with Crippen LogP contribution in [0.4, 0.5) is 0 Å². The third-order valence-corrected chi connectivity index (χ3v) is 3.58. The van der Waals surface area contributed by atoms with Gasteiger partial charge in [-0.25, -0.2) is 4.98 Å². The van der Waals surface area contributed by atoms with Gasteiger partial charge in [-0.1, -0.05) is 18.6 Å². The van der Waals surface area contributed by atoms with Gasteiger partial charge in [-0.15, -0.1) is 0 Å². The van der Waals surface area contributed by atoms with Crippen molar-refractivity contribution in [3.8, 4) is 0 Å². The van der Waals surface area contributed by atoms with Gasteiger partial charge in [0, 0.05) is 18.9 Å². The molecule has 4 nitrogen and oxygen atoms in total. The molecule has 1 amide bonds. The molecule has 94 valence electrons. The molecule has 1 aliphatic rings. The Hall–Kier alpha value is -1.84. The standard InChI is InChI=1S/C14H17N3O/c18-14(10-4-3-5-10)15-9-8-13-16-11-6-1-2-7-12(11)17-13/h1-2,6-7,10H,3-5,8-9H2,(H,15,18)(H,16,17). The first-order chi connectivity index (χ1) is 8.83. The predicted molar refractivity (Wildman–Crippen MR) is 70.1 cm³/mol. The summed E-state index contributed by atoms with van der Waals surface area (Å²) in [6.45, 7) is 0.662. The van der Waals surface area contributed by atoms with E-state index in [1.165, 1.54) is 6.42 Å². The first kappa shape index (κ1) is 11.3. The van der Waals surface area contributed by atoms with Crippen molar-refractivity contribution in [1.29, 1.82) is 0 Å². The van der Waals surface area contributed by atoms with E-state index in [0.29, 0.717) is 6.54 Å². The van der Waals surface area contributed by atoms with Crippen LogP contribution in [0.1, 0.15) is 25.1 Å². The third kappa shape index (κ3) is 2.23. The molecule has 0 aliphatic heterocycles. The predicted octanol–water partition coefficient (Wildman–Crippen LogP) is 2.02. The number of hydrogen-bond donors (Lipinski definition) is 2. The van der Waals surface area contributed by atoms with Crippen LogP contribution in [0, 0.1) is 5.92 Å². The van der Waals surface area contributed by atoms with Gasteiger partial charge in [-0.3, -0.25) is 4.79 Å². The molecule has 0 bridgehead atoms. The van der Waals surface area contributed by atoms with Crippen LogP contribution in [0.15, 0.2) is 24.3 Å². The lowest BCUT2D eigenvalue weighted by Gasteiger charge is -2.23. The van der Waals surface area contributed by atoms with E-state index in [9.17, 15) is 4.79 Å². The Morgan fingerprint density at radius 3 is 2.94 bits per heavy atom. The van der Waals surface area contributed by atoms with E-state index >= 15 is 0 Å². The van der Waals surface area contributed by atoms with Gasteiger partial charge in [-0.05, 0) is 25.0 Å².